The maximum atomic E-state index is 12.3. The third-order valence-electron chi connectivity index (χ3n) is 2.96. The molecule has 0 aliphatic carbocycles. The van der Waals surface area contributed by atoms with E-state index in [1.165, 1.54) is 18.2 Å². The van der Waals surface area contributed by atoms with Gasteiger partial charge in [0.15, 0.2) is 17.9 Å². The normalized spacial score (nSPS) is 10.1. The highest BCUT2D eigenvalue weighted by Gasteiger charge is 2.14. The lowest BCUT2D eigenvalue weighted by molar-refractivity contribution is 0.0994. The summed E-state index contributed by atoms with van der Waals surface area (Å²) in [6, 6.07) is 13.2. The van der Waals surface area contributed by atoms with E-state index in [4.69, 9.17) is 5.73 Å². The van der Waals surface area contributed by atoms with Gasteiger partial charge in [0.2, 0.25) is 0 Å². The average Bonchev–Trinajstić information content (AvgIpc) is 2.53. The van der Waals surface area contributed by atoms with Gasteiger partial charge in [-0.05, 0) is 6.07 Å². The minimum absolute atomic E-state index is 0.185. The number of ketones is 2. The molecule has 0 amide bonds. The molecule has 4 heteroatoms. The van der Waals surface area contributed by atoms with Crippen molar-refractivity contribution in [2.45, 2.75) is 0 Å². The summed E-state index contributed by atoms with van der Waals surface area (Å²) in [4.78, 5) is 34.9. The fourth-order valence-electron chi connectivity index (χ4n) is 1.91. The predicted octanol–water partition coefficient (Wildman–Crippen LogP) is 1.87. The number of carbonyl (C=O) groups is 3. The Kier molecular flexibility index (Phi) is 4.17. The molecule has 0 atom stereocenters. The van der Waals surface area contributed by atoms with Gasteiger partial charge in [0.25, 0.3) is 0 Å². The highest BCUT2D eigenvalue weighted by atomic mass is 16.1. The van der Waals surface area contributed by atoms with Crippen molar-refractivity contribution in [3.63, 3.8) is 0 Å². The van der Waals surface area contributed by atoms with Crippen LogP contribution in [0, 0.1) is 0 Å². The third-order valence-corrected chi connectivity index (χ3v) is 2.96. The predicted molar refractivity (Wildman–Crippen MR) is 75.1 cm³/mol. The summed E-state index contributed by atoms with van der Waals surface area (Å²) in [5.74, 6) is -0.566. The standard InChI is InChI=1S/C16H13NO3/c17-9-15(19)14-8-12(6-7-13(14)10-18)16(20)11-4-2-1-3-5-11/h1-8,10H,9,17H2. The number of hydrogen-bond donors (Lipinski definition) is 1. The van der Waals surface area contributed by atoms with Gasteiger partial charge < -0.3 is 5.73 Å². The first kappa shape index (κ1) is 13.8. The fraction of sp³-hybridized carbons (Fsp3) is 0.0625. The number of nitrogens with two attached hydrogens (primary N) is 1. The number of Topliss-reactive ketones (excluding diaryl/α,β-unsaturated/α-hetero) is 1. The van der Waals surface area contributed by atoms with E-state index in [0.717, 1.165) is 0 Å². The van der Waals surface area contributed by atoms with Crippen molar-refractivity contribution < 1.29 is 14.4 Å². The first-order chi connectivity index (χ1) is 9.67. The lowest BCUT2D eigenvalue weighted by Crippen LogP contribution is -2.16. The van der Waals surface area contributed by atoms with Gasteiger partial charge >= 0.3 is 0 Å². The molecule has 0 aliphatic heterocycles. The zero-order valence-corrected chi connectivity index (χ0v) is 10.7. The quantitative estimate of drug-likeness (QED) is 0.662. The maximum Gasteiger partial charge on any atom is 0.193 e. The Morgan fingerprint density at radius 2 is 1.70 bits per heavy atom. The van der Waals surface area contributed by atoms with E-state index in [1.54, 1.807) is 24.3 Å². The van der Waals surface area contributed by atoms with Crippen molar-refractivity contribution in [1.29, 1.82) is 0 Å². The molecule has 4 nitrogen and oxygen atoms in total. The van der Waals surface area contributed by atoms with Gasteiger partial charge in [-0.2, -0.15) is 0 Å². The van der Waals surface area contributed by atoms with Gasteiger partial charge in [0, 0.05) is 22.3 Å². The monoisotopic (exact) mass is 267 g/mol. The zero-order chi connectivity index (χ0) is 14.5. The van der Waals surface area contributed by atoms with Gasteiger partial charge in [0.1, 0.15) is 0 Å². The van der Waals surface area contributed by atoms with Crippen LogP contribution >= 0.6 is 0 Å². The summed E-state index contributed by atoms with van der Waals surface area (Å²) in [7, 11) is 0. The van der Waals surface area contributed by atoms with Crippen molar-refractivity contribution in [1.82, 2.24) is 0 Å². The summed E-state index contributed by atoms with van der Waals surface area (Å²) in [6.07, 6.45) is 0.583. The van der Waals surface area contributed by atoms with E-state index in [1.807, 2.05) is 6.07 Å². The van der Waals surface area contributed by atoms with Crippen LogP contribution < -0.4 is 5.73 Å². The highest BCUT2D eigenvalue weighted by molar-refractivity contribution is 6.12. The molecule has 0 unspecified atom stereocenters. The fourth-order valence-corrected chi connectivity index (χ4v) is 1.91. The summed E-state index contributed by atoms with van der Waals surface area (Å²) in [5, 5.41) is 0. The van der Waals surface area contributed by atoms with E-state index in [9.17, 15) is 14.4 Å². The minimum Gasteiger partial charge on any atom is -0.324 e. The second-order valence-electron chi connectivity index (χ2n) is 4.24. The van der Waals surface area contributed by atoms with Gasteiger partial charge in [-0.25, -0.2) is 0 Å². The number of benzene rings is 2. The van der Waals surface area contributed by atoms with Crippen LogP contribution in [0.1, 0.15) is 36.6 Å². The number of aldehydes is 1. The molecule has 2 aromatic rings. The number of carbonyl (C=O) groups excluding carboxylic acids is 3. The van der Waals surface area contributed by atoms with E-state index in [0.29, 0.717) is 17.4 Å². The molecule has 20 heavy (non-hydrogen) atoms. The average molecular weight is 267 g/mol. The van der Waals surface area contributed by atoms with Crippen LogP contribution in [0.25, 0.3) is 0 Å². The van der Waals surface area contributed by atoms with Crippen molar-refractivity contribution in [3.8, 4) is 0 Å². The van der Waals surface area contributed by atoms with E-state index in [2.05, 4.69) is 0 Å². The smallest absolute Gasteiger partial charge is 0.193 e. The second kappa shape index (κ2) is 6.04. The van der Waals surface area contributed by atoms with Crippen LogP contribution in [0.3, 0.4) is 0 Å². The number of hydrogen-bond acceptors (Lipinski definition) is 4. The highest BCUT2D eigenvalue weighted by Crippen LogP contribution is 2.15. The summed E-state index contributed by atoms with van der Waals surface area (Å²) >= 11 is 0. The first-order valence-electron chi connectivity index (χ1n) is 6.09. The summed E-state index contributed by atoms with van der Waals surface area (Å²) in [6.45, 7) is -0.205. The molecule has 0 radical (unpaired) electrons. The molecule has 2 aromatic carbocycles. The molecule has 0 aromatic heterocycles. The second-order valence-corrected chi connectivity index (χ2v) is 4.24. The van der Waals surface area contributed by atoms with Gasteiger partial charge in [-0.3, -0.25) is 14.4 Å². The van der Waals surface area contributed by atoms with Crippen molar-refractivity contribution in [3.05, 3.63) is 70.8 Å². The van der Waals surface area contributed by atoms with Crippen LogP contribution in [0.2, 0.25) is 0 Å². The Balaban J connectivity index is 2.46. The third kappa shape index (κ3) is 2.70. The van der Waals surface area contributed by atoms with Gasteiger partial charge in [0.05, 0.1) is 6.54 Å². The molecular weight excluding hydrogens is 254 g/mol. The van der Waals surface area contributed by atoms with Crippen molar-refractivity contribution >= 4 is 17.9 Å². The molecule has 0 bridgehead atoms. The SMILES string of the molecule is NCC(=O)c1cc(C(=O)c2ccccc2)ccc1C=O. The van der Waals surface area contributed by atoms with E-state index < -0.39 is 0 Å². The van der Waals surface area contributed by atoms with Gasteiger partial charge in [-0.1, -0.05) is 42.5 Å². The Morgan fingerprint density at radius 1 is 1.00 bits per heavy atom. The van der Waals surface area contributed by atoms with Crippen LogP contribution in [0.15, 0.2) is 48.5 Å². The molecule has 2 rings (SSSR count). The molecule has 2 N–H and O–H groups in total. The van der Waals surface area contributed by atoms with Crippen LogP contribution in [0.4, 0.5) is 0 Å². The van der Waals surface area contributed by atoms with Crippen molar-refractivity contribution in [2.75, 3.05) is 6.54 Å². The molecule has 0 aliphatic rings. The van der Waals surface area contributed by atoms with Crippen molar-refractivity contribution in [2.24, 2.45) is 5.73 Å². The molecule has 0 spiro atoms. The molecule has 0 saturated heterocycles. The largest absolute Gasteiger partial charge is 0.324 e. The Bertz CT molecular complexity index is 663. The Hall–Kier alpha value is -2.59. The Morgan fingerprint density at radius 3 is 2.30 bits per heavy atom. The topological polar surface area (TPSA) is 77.2 Å². The summed E-state index contributed by atoms with van der Waals surface area (Å²) < 4.78 is 0. The maximum absolute atomic E-state index is 12.3. The molecule has 0 heterocycles. The minimum atomic E-state index is -0.366. The summed E-state index contributed by atoms with van der Waals surface area (Å²) in [5.41, 5.74) is 6.63. The molecular formula is C16H13NO3. The molecule has 0 saturated carbocycles. The van der Waals surface area contributed by atoms with E-state index in [-0.39, 0.29) is 29.2 Å². The molecule has 100 valence electrons. The lowest BCUT2D eigenvalue weighted by atomic mass is 9.96. The number of rotatable bonds is 5. The first-order valence-corrected chi connectivity index (χ1v) is 6.09. The molecule has 0 fully saturated rings. The lowest BCUT2D eigenvalue weighted by Gasteiger charge is -2.06. The van der Waals surface area contributed by atoms with Crippen LogP contribution in [-0.4, -0.2) is 24.4 Å². The van der Waals surface area contributed by atoms with Crippen LogP contribution in [0.5, 0.6) is 0 Å². The Labute approximate surface area is 116 Å². The zero-order valence-electron chi connectivity index (χ0n) is 10.7. The van der Waals surface area contributed by atoms with Gasteiger partial charge in [-0.15, -0.1) is 0 Å². The van der Waals surface area contributed by atoms with Crippen LogP contribution in [-0.2, 0) is 0 Å². The van der Waals surface area contributed by atoms with E-state index >= 15 is 0 Å².